The largest absolute Gasteiger partial charge is 0.496 e. The molecule has 0 saturated carbocycles. The van der Waals surface area contributed by atoms with Crippen LogP contribution < -0.4 is 10.1 Å². The van der Waals surface area contributed by atoms with Gasteiger partial charge in [0.25, 0.3) is 0 Å². The standard InChI is InChI=1S/C16H22N2OS/c1-10(2)13-9-20-16(18-13)15(17-4)12-6-7-14(19-5)11(3)8-12/h6-10,15,17H,1-5H3. The van der Waals surface area contributed by atoms with Gasteiger partial charge in [-0.25, -0.2) is 4.98 Å². The highest BCUT2D eigenvalue weighted by molar-refractivity contribution is 7.09. The fourth-order valence-corrected chi connectivity index (χ4v) is 3.33. The van der Waals surface area contributed by atoms with Crippen LogP contribution in [0.3, 0.4) is 0 Å². The summed E-state index contributed by atoms with van der Waals surface area (Å²) in [7, 11) is 3.67. The van der Waals surface area contributed by atoms with Gasteiger partial charge in [0, 0.05) is 5.38 Å². The summed E-state index contributed by atoms with van der Waals surface area (Å²) < 4.78 is 5.32. The highest BCUT2D eigenvalue weighted by atomic mass is 32.1. The summed E-state index contributed by atoms with van der Waals surface area (Å²) in [6.07, 6.45) is 0. The number of methoxy groups -OCH3 is 1. The average Bonchev–Trinajstić information content (AvgIpc) is 2.89. The van der Waals surface area contributed by atoms with Crippen molar-refractivity contribution < 1.29 is 4.74 Å². The monoisotopic (exact) mass is 290 g/mol. The maximum absolute atomic E-state index is 5.32. The predicted octanol–water partition coefficient (Wildman–Crippen LogP) is 3.89. The Labute approximate surface area is 125 Å². The zero-order chi connectivity index (χ0) is 14.7. The molecule has 0 radical (unpaired) electrons. The van der Waals surface area contributed by atoms with Crippen LogP contribution in [0, 0.1) is 6.92 Å². The number of aromatic nitrogens is 1. The fourth-order valence-electron chi connectivity index (χ4n) is 2.21. The Morgan fingerprint density at radius 1 is 1.30 bits per heavy atom. The van der Waals surface area contributed by atoms with E-state index in [-0.39, 0.29) is 6.04 Å². The van der Waals surface area contributed by atoms with Crippen molar-refractivity contribution in [2.75, 3.05) is 14.2 Å². The molecular weight excluding hydrogens is 268 g/mol. The summed E-state index contributed by atoms with van der Waals surface area (Å²) in [6, 6.07) is 6.42. The van der Waals surface area contributed by atoms with Crippen LogP contribution >= 0.6 is 11.3 Å². The normalized spacial score (nSPS) is 12.7. The molecule has 3 nitrogen and oxygen atoms in total. The van der Waals surface area contributed by atoms with Crippen LogP contribution in [0.5, 0.6) is 5.75 Å². The number of nitrogens with one attached hydrogen (secondary N) is 1. The van der Waals surface area contributed by atoms with Gasteiger partial charge in [0.2, 0.25) is 0 Å². The molecule has 0 bridgehead atoms. The van der Waals surface area contributed by atoms with E-state index in [0.29, 0.717) is 5.92 Å². The molecular formula is C16H22N2OS. The first-order valence-corrected chi connectivity index (χ1v) is 7.72. The van der Waals surface area contributed by atoms with Crippen molar-refractivity contribution in [3.63, 3.8) is 0 Å². The van der Waals surface area contributed by atoms with E-state index in [0.717, 1.165) is 22.0 Å². The molecule has 0 spiro atoms. The van der Waals surface area contributed by atoms with Crippen LogP contribution in [0.1, 0.15) is 47.6 Å². The highest BCUT2D eigenvalue weighted by Gasteiger charge is 2.17. The number of hydrogen-bond donors (Lipinski definition) is 1. The Bertz CT molecular complexity index is 578. The maximum atomic E-state index is 5.32. The van der Waals surface area contributed by atoms with E-state index < -0.39 is 0 Å². The Hall–Kier alpha value is -1.39. The molecule has 1 atom stereocenters. The number of aryl methyl sites for hydroxylation is 1. The quantitative estimate of drug-likeness (QED) is 0.907. The SMILES string of the molecule is CNC(c1ccc(OC)c(C)c1)c1nc(C(C)C)cs1. The van der Waals surface area contributed by atoms with Crippen molar-refractivity contribution in [1.29, 1.82) is 0 Å². The van der Waals surface area contributed by atoms with Crippen molar-refractivity contribution in [2.45, 2.75) is 32.7 Å². The summed E-state index contributed by atoms with van der Waals surface area (Å²) in [5.74, 6) is 1.39. The lowest BCUT2D eigenvalue weighted by molar-refractivity contribution is 0.411. The number of nitrogens with zero attached hydrogens (tertiary/aromatic N) is 1. The minimum absolute atomic E-state index is 0.136. The molecule has 0 aliphatic rings. The zero-order valence-electron chi connectivity index (χ0n) is 12.7. The fraction of sp³-hybridized carbons (Fsp3) is 0.438. The topological polar surface area (TPSA) is 34.1 Å². The number of rotatable bonds is 5. The van der Waals surface area contributed by atoms with E-state index in [1.807, 2.05) is 13.1 Å². The smallest absolute Gasteiger partial charge is 0.121 e. The molecule has 0 amide bonds. The summed E-state index contributed by atoms with van der Waals surface area (Å²) in [5.41, 5.74) is 3.52. The van der Waals surface area contributed by atoms with Crippen molar-refractivity contribution in [3.8, 4) is 5.75 Å². The lowest BCUT2D eigenvalue weighted by Crippen LogP contribution is -2.17. The first-order chi connectivity index (χ1) is 9.56. The minimum atomic E-state index is 0.136. The molecule has 2 aromatic rings. The number of ether oxygens (including phenoxy) is 1. The van der Waals surface area contributed by atoms with Crippen LogP contribution in [0.4, 0.5) is 0 Å². The Morgan fingerprint density at radius 3 is 2.55 bits per heavy atom. The van der Waals surface area contributed by atoms with Crippen LogP contribution in [0.2, 0.25) is 0 Å². The van der Waals surface area contributed by atoms with E-state index in [1.165, 1.54) is 5.56 Å². The molecule has 4 heteroatoms. The molecule has 108 valence electrons. The molecule has 0 aliphatic carbocycles. The van der Waals surface area contributed by atoms with Crippen LogP contribution in [-0.2, 0) is 0 Å². The maximum Gasteiger partial charge on any atom is 0.121 e. The summed E-state index contributed by atoms with van der Waals surface area (Å²) in [4.78, 5) is 4.75. The molecule has 1 heterocycles. The van der Waals surface area contributed by atoms with Gasteiger partial charge in [-0.15, -0.1) is 11.3 Å². The van der Waals surface area contributed by atoms with Crippen LogP contribution in [0.25, 0.3) is 0 Å². The molecule has 1 aromatic carbocycles. The molecule has 1 aromatic heterocycles. The Balaban J connectivity index is 2.33. The van der Waals surface area contributed by atoms with E-state index in [4.69, 9.17) is 9.72 Å². The number of hydrogen-bond acceptors (Lipinski definition) is 4. The van der Waals surface area contributed by atoms with Gasteiger partial charge in [-0.05, 0) is 37.1 Å². The Kier molecular flexibility index (Phi) is 4.78. The van der Waals surface area contributed by atoms with Gasteiger partial charge in [-0.1, -0.05) is 26.0 Å². The van der Waals surface area contributed by atoms with Gasteiger partial charge in [0.05, 0.1) is 18.8 Å². The molecule has 2 rings (SSSR count). The second-order valence-corrected chi connectivity index (χ2v) is 6.11. The summed E-state index contributed by atoms with van der Waals surface area (Å²) in [6.45, 7) is 6.41. The summed E-state index contributed by atoms with van der Waals surface area (Å²) in [5, 5.41) is 6.62. The molecule has 0 saturated heterocycles. The molecule has 0 aliphatic heterocycles. The van der Waals surface area contributed by atoms with E-state index >= 15 is 0 Å². The Morgan fingerprint density at radius 2 is 2.05 bits per heavy atom. The molecule has 20 heavy (non-hydrogen) atoms. The van der Waals surface area contributed by atoms with Gasteiger partial charge in [0.1, 0.15) is 10.8 Å². The third kappa shape index (κ3) is 3.02. The highest BCUT2D eigenvalue weighted by Crippen LogP contribution is 2.29. The molecule has 1 N–H and O–H groups in total. The van der Waals surface area contributed by atoms with E-state index in [9.17, 15) is 0 Å². The van der Waals surface area contributed by atoms with Gasteiger partial charge < -0.3 is 10.1 Å². The van der Waals surface area contributed by atoms with E-state index in [1.54, 1.807) is 18.4 Å². The third-order valence-corrected chi connectivity index (χ3v) is 4.35. The zero-order valence-corrected chi connectivity index (χ0v) is 13.5. The minimum Gasteiger partial charge on any atom is -0.496 e. The number of thiazole rings is 1. The van der Waals surface area contributed by atoms with E-state index in [2.05, 4.69) is 43.6 Å². The van der Waals surface area contributed by atoms with Gasteiger partial charge in [0.15, 0.2) is 0 Å². The van der Waals surface area contributed by atoms with Gasteiger partial charge in [-0.3, -0.25) is 0 Å². The second-order valence-electron chi connectivity index (χ2n) is 5.22. The average molecular weight is 290 g/mol. The van der Waals surface area contributed by atoms with Crippen molar-refractivity contribution in [2.24, 2.45) is 0 Å². The third-order valence-electron chi connectivity index (χ3n) is 3.42. The van der Waals surface area contributed by atoms with Crippen molar-refractivity contribution >= 4 is 11.3 Å². The molecule has 0 fully saturated rings. The first-order valence-electron chi connectivity index (χ1n) is 6.84. The van der Waals surface area contributed by atoms with Gasteiger partial charge in [-0.2, -0.15) is 0 Å². The second kappa shape index (κ2) is 6.37. The van der Waals surface area contributed by atoms with Gasteiger partial charge >= 0.3 is 0 Å². The van der Waals surface area contributed by atoms with Crippen molar-refractivity contribution in [3.05, 3.63) is 45.4 Å². The van der Waals surface area contributed by atoms with Crippen LogP contribution in [0.15, 0.2) is 23.6 Å². The predicted molar refractivity (Wildman–Crippen MR) is 84.8 cm³/mol. The summed E-state index contributed by atoms with van der Waals surface area (Å²) >= 11 is 1.72. The lowest BCUT2D eigenvalue weighted by Gasteiger charge is -2.16. The van der Waals surface area contributed by atoms with Crippen molar-refractivity contribution in [1.82, 2.24) is 10.3 Å². The molecule has 1 unspecified atom stereocenters. The first kappa shape index (κ1) is 15.0. The number of benzene rings is 1. The lowest BCUT2D eigenvalue weighted by atomic mass is 10.0. The van der Waals surface area contributed by atoms with Crippen LogP contribution in [-0.4, -0.2) is 19.1 Å².